The van der Waals surface area contributed by atoms with Gasteiger partial charge in [0.1, 0.15) is 0 Å². The number of benzene rings is 1. The van der Waals surface area contributed by atoms with E-state index in [1.807, 2.05) is 30.3 Å². The van der Waals surface area contributed by atoms with Gasteiger partial charge in [0.2, 0.25) is 0 Å². The average molecular weight is 396 g/mol. The van der Waals surface area contributed by atoms with Crippen LogP contribution in [0, 0.1) is 0 Å². The molecule has 3 rings (SSSR count). The van der Waals surface area contributed by atoms with Crippen molar-refractivity contribution in [2.24, 2.45) is 5.10 Å². The number of halogens is 1. The second-order valence-electron chi connectivity index (χ2n) is 5.38. The Morgan fingerprint density at radius 1 is 1.44 bits per heavy atom. The molecular weight excluding hydrogens is 378 g/mol. The van der Waals surface area contributed by atoms with Crippen molar-refractivity contribution in [3.63, 3.8) is 0 Å². The minimum atomic E-state index is 0.228. The van der Waals surface area contributed by atoms with Crippen LogP contribution in [0.3, 0.4) is 0 Å². The van der Waals surface area contributed by atoms with Gasteiger partial charge in [0.15, 0.2) is 15.4 Å². The summed E-state index contributed by atoms with van der Waals surface area (Å²) in [5.74, 6) is 0. The van der Waals surface area contributed by atoms with E-state index in [4.69, 9.17) is 28.6 Å². The van der Waals surface area contributed by atoms with E-state index in [0.29, 0.717) is 21.9 Å². The van der Waals surface area contributed by atoms with Gasteiger partial charge < -0.3 is 15.4 Å². The van der Waals surface area contributed by atoms with Crippen LogP contribution >= 0.6 is 35.2 Å². The zero-order valence-electron chi connectivity index (χ0n) is 13.4. The van der Waals surface area contributed by atoms with Crippen molar-refractivity contribution in [1.82, 2.24) is 15.7 Å². The Balaban J connectivity index is 1.48. The molecule has 1 atom stereocenters. The number of hydrogen-bond acceptors (Lipinski definition) is 6. The normalized spacial score (nSPS) is 16.9. The third kappa shape index (κ3) is 5.64. The van der Waals surface area contributed by atoms with Crippen molar-refractivity contribution in [3.8, 4) is 0 Å². The maximum atomic E-state index is 6.15. The molecule has 0 saturated carbocycles. The third-order valence-electron chi connectivity index (χ3n) is 3.50. The van der Waals surface area contributed by atoms with Crippen LogP contribution in [0.4, 0.5) is 10.8 Å². The van der Waals surface area contributed by atoms with E-state index in [2.05, 4.69) is 26.1 Å². The van der Waals surface area contributed by atoms with Crippen molar-refractivity contribution in [2.75, 3.05) is 18.5 Å². The van der Waals surface area contributed by atoms with Crippen LogP contribution in [0.5, 0.6) is 0 Å². The van der Waals surface area contributed by atoms with E-state index in [0.717, 1.165) is 30.0 Å². The van der Waals surface area contributed by atoms with Gasteiger partial charge in [-0.2, -0.15) is 5.10 Å². The molecule has 1 aromatic heterocycles. The monoisotopic (exact) mass is 395 g/mol. The molecule has 132 valence electrons. The van der Waals surface area contributed by atoms with Crippen LogP contribution in [-0.2, 0) is 4.74 Å². The largest absolute Gasteiger partial charge is 0.376 e. The third-order valence-corrected chi connectivity index (χ3v) is 5.04. The van der Waals surface area contributed by atoms with E-state index < -0.39 is 0 Å². The van der Waals surface area contributed by atoms with Gasteiger partial charge in [-0.3, -0.25) is 5.43 Å². The van der Waals surface area contributed by atoms with Crippen molar-refractivity contribution < 1.29 is 4.74 Å². The first-order valence-corrected chi connectivity index (χ1v) is 9.48. The fraction of sp³-hybridized carbons (Fsp3) is 0.312. The molecule has 25 heavy (non-hydrogen) atoms. The fourth-order valence-electron chi connectivity index (χ4n) is 2.29. The quantitative estimate of drug-likeness (QED) is 0.395. The van der Waals surface area contributed by atoms with E-state index >= 15 is 0 Å². The van der Waals surface area contributed by atoms with Crippen LogP contribution in [0.1, 0.15) is 17.7 Å². The zero-order valence-corrected chi connectivity index (χ0v) is 15.8. The highest BCUT2D eigenvalue weighted by Gasteiger charge is 2.15. The Kier molecular flexibility index (Phi) is 6.57. The Morgan fingerprint density at radius 2 is 2.28 bits per heavy atom. The fourth-order valence-corrected chi connectivity index (χ4v) is 3.48. The number of thiazole rings is 1. The topological polar surface area (TPSA) is 70.6 Å². The number of thiocarbonyl (C=S) groups is 1. The number of ether oxygens (including phenoxy) is 1. The van der Waals surface area contributed by atoms with Gasteiger partial charge in [0.05, 0.1) is 17.2 Å². The Hall–Kier alpha value is -1.74. The summed E-state index contributed by atoms with van der Waals surface area (Å²) in [6, 6.07) is 9.79. The van der Waals surface area contributed by atoms with Crippen LogP contribution in [0.15, 0.2) is 35.4 Å². The molecule has 3 N–H and O–H groups in total. The molecule has 1 aliphatic heterocycles. The summed E-state index contributed by atoms with van der Waals surface area (Å²) in [6.45, 7) is 1.52. The van der Waals surface area contributed by atoms with Crippen LogP contribution in [0.25, 0.3) is 0 Å². The van der Waals surface area contributed by atoms with Crippen molar-refractivity contribution in [3.05, 3.63) is 40.4 Å². The lowest BCUT2D eigenvalue weighted by Crippen LogP contribution is -2.37. The summed E-state index contributed by atoms with van der Waals surface area (Å²) >= 11 is 12.7. The zero-order chi connectivity index (χ0) is 17.5. The molecule has 1 saturated heterocycles. The minimum Gasteiger partial charge on any atom is -0.376 e. The number of para-hydroxylation sites is 1. The highest BCUT2D eigenvalue weighted by molar-refractivity contribution is 7.80. The maximum Gasteiger partial charge on any atom is 0.189 e. The van der Waals surface area contributed by atoms with Crippen molar-refractivity contribution in [1.29, 1.82) is 0 Å². The molecule has 0 radical (unpaired) electrons. The molecule has 1 aromatic carbocycles. The summed E-state index contributed by atoms with van der Waals surface area (Å²) in [5.41, 5.74) is 3.73. The first-order chi connectivity index (χ1) is 12.2. The molecule has 1 aliphatic rings. The predicted molar refractivity (Wildman–Crippen MR) is 107 cm³/mol. The number of aromatic nitrogens is 1. The van der Waals surface area contributed by atoms with Gasteiger partial charge in [-0.1, -0.05) is 41.1 Å². The van der Waals surface area contributed by atoms with Gasteiger partial charge in [-0.15, -0.1) is 0 Å². The number of nitrogens with one attached hydrogen (secondary N) is 3. The molecule has 0 bridgehead atoms. The molecule has 0 aliphatic carbocycles. The Morgan fingerprint density at radius 3 is 3.04 bits per heavy atom. The van der Waals surface area contributed by atoms with Crippen molar-refractivity contribution in [2.45, 2.75) is 18.9 Å². The van der Waals surface area contributed by atoms with Crippen LogP contribution in [0.2, 0.25) is 5.15 Å². The molecule has 9 heteroatoms. The van der Waals surface area contributed by atoms with E-state index in [-0.39, 0.29) is 6.10 Å². The second-order valence-corrected chi connectivity index (χ2v) is 7.18. The lowest BCUT2D eigenvalue weighted by molar-refractivity contribution is 0.114. The predicted octanol–water partition coefficient (Wildman–Crippen LogP) is 3.52. The van der Waals surface area contributed by atoms with Gasteiger partial charge >= 0.3 is 0 Å². The second kappa shape index (κ2) is 9.10. The van der Waals surface area contributed by atoms with Crippen LogP contribution < -0.4 is 16.1 Å². The molecule has 2 heterocycles. The van der Waals surface area contributed by atoms with E-state index in [1.54, 1.807) is 6.21 Å². The molecule has 0 unspecified atom stereocenters. The molecule has 6 nitrogen and oxygen atoms in total. The molecule has 1 fully saturated rings. The van der Waals surface area contributed by atoms with E-state index in [1.165, 1.54) is 11.3 Å². The maximum absolute atomic E-state index is 6.15. The lowest BCUT2D eigenvalue weighted by atomic mass is 10.2. The standard InChI is InChI=1S/C16H18ClN5OS2/c17-14-13(25-16(21-14)20-11-5-2-1-3-6-11)10-19-22-15(24)18-9-12-7-4-8-23-12/h1-3,5-6,10,12H,4,7-9H2,(H,20,21)(H2,18,22,24)/b19-10+/t12-/m1/s1. The first kappa shape index (κ1) is 18.1. The number of hydrazone groups is 1. The number of rotatable bonds is 6. The van der Waals surface area contributed by atoms with Crippen LogP contribution in [-0.4, -0.2) is 35.6 Å². The highest BCUT2D eigenvalue weighted by atomic mass is 35.5. The molecular formula is C16H18ClN5OS2. The number of anilines is 2. The molecule has 2 aromatic rings. The summed E-state index contributed by atoms with van der Waals surface area (Å²) in [4.78, 5) is 5.03. The van der Waals surface area contributed by atoms with Gasteiger partial charge in [-0.25, -0.2) is 4.98 Å². The average Bonchev–Trinajstić information content (AvgIpc) is 3.24. The highest BCUT2D eigenvalue weighted by Crippen LogP contribution is 2.27. The lowest BCUT2D eigenvalue weighted by Gasteiger charge is -2.11. The SMILES string of the molecule is S=C(NC[C@H]1CCCO1)N/N=C/c1sc(Nc2ccccc2)nc1Cl. The first-order valence-electron chi connectivity index (χ1n) is 7.87. The van der Waals surface area contributed by atoms with Gasteiger partial charge in [0, 0.05) is 18.8 Å². The molecule has 0 spiro atoms. The summed E-state index contributed by atoms with van der Waals surface area (Å²) in [5, 5.41) is 12.0. The number of hydrogen-bond donors (Lipinski definition) is 3. The van der Waals surface area contributed by atoms with Gasteiger partial charge in [0.25, 0.3) is 0 Å². The Labute approximate surface area is 160 Å². The summed E-state index contributed by atoms with van der Waals surface area (Å²) < 4.78 is 5.53. The van der Waals surface area contributed by atoms with Crippen molar-refractivity contribution >= 4 is 57.3 Å². The molecule has 0 amide bonds. The summed E-state index contributed by atoms with van der Waals surface area (Å²) in [6.07, 6.45) is 4.00. The Bertz CT molecular complexity index is 731. The van der Waals surface area contributed by atoms with E-state index in [9.17, 15) is 0 Å². The van der Waals surface area contributed by atoms with Gasteiger partial charge in [-0.05, 0) is 37.2 Å². The smallest absolute Gasteiger partial charge is 0.189 e. The summed E-state index contributed by atoms with van der Waals surface area (Å²) in [7, 11) is 0. The minimum absolute atomic E-state index is 0.228. The number of nitrogens with zero attached hydrogens (tertiary/aromatic N) is 2.